The summed E-state index contributed by atoms with van der Waals surface area (Å²) < 4.78 is 43.9. The van der Waals surface area contributed by atoms with Crippen molar-refractivity contribution in [3.63, 3.8) is 0 Å². The summed E-state index contributed by atoms with van der Waals surface area (Å²) in [5, 5.41) is 8.09. The highest BCUT2D eigenvalue weighted by atomic mass is 32.1. The molecule has 0 aliphatic heterocycles. The molecule has 0 atom stereocenters. The minimum absolute atomic E-state index is 0.0758. The standard InChI is InChI=1S/C21H20F3N5OS/c1-4-28-12-14(13(2)25-28)11-27(3)19(30)17-10-16-18(21(22,23)24)26-29(20(16)31-17)15-8-6-5-7-9-15/h5-10,12H,4,11H2,1-3H3. The summed E-state index contributed by atoms with van der Waals surface area (Å²) in [5.41, 5.74) is 1.21. The van der Waals surface area contributed by atoms with Crippen molar-refractivity contribution >= 4 is 27.5 Å². The number of thiophene rings is 1. The van der Waals surface area contributed by atoms with Gasteiger partial charge in [-0.2, -0.15) is 23.4 Å². The van der Waals surface area contributed by atoms with Crippen molar-refractivity contribution in [2.24, 2.45) is 0 Å². The molecule has 1 amide bonds. The number of alkyl halides is 3. The number of carbonyl (C=O) groups is 1. The molecular weight excluding hydrogens is 427 g/mol. The van der Waals surface area contributed by atoms with Gasteiger partial charge in [-0.25, -0.2) is 4.68 Å². The van der Waals surface area contributed by atoms with Crippen LogP contribution >= 0.6 is 11.3 Å². The Labute approximate surface area is 180 Å². The van der Waals surface area contributed by atoms with E-state index in [4.69, 9.17) is 0 Å². The highest BCUT2D eigenvalue weighted by Crippen LogP contribution is 2.39. The number of hydrogen-bond donors (Lipinski definition) is 0. The monoisotopic (exact) mass is 447 g/mol. The molecule has 0 aliphatic rings. The molecule has 6 nitrogen and oxygen atoms in total. The van der Waals surface area contributed by atoms with Crippen molar-refractivity contribution in [2.75, 3.05) is 7.05 Å². The summed E-state index contributed by atoms with van der Waals surface area (Å²) in [6, 6.07) is 9.86. The second kappa shape index (κ2) is 7.84. The van der Waals surface area contributed by atoms with Crippen LogP contribution in [-0.4, -0.2) is 37.4 Å². The van der Waals surface area contributed by atoms with Gasteiger partial charge >= 0.3 is 6.18 Å². The molecule has 10 heteroatoms. The molecule has 0 radical (unpaired) electrons. The first-order valence-electron chi connectivity index (χ1n) is 9.62. The number of carbonyl (C=O) groups excluding carboxylic acids is 1. The molecule has 0 unspecified atom stereocenters. The average Bonchev–Trinajstić information content (AvgIpc) is 3.40. The van der Waals surface area contributed by atoms with Gasteiger partial charge in [-0.15, -0.1) is 11.3 Å². The lowest BCUT2D eigenvalue weighted by Crippen LogP contribution is -2.25. The number of aryl methyl sites for hydroxylation is 2. The van der Waals surface area contributed by atoms with E-state index in [1.165, 1.54) is 15.6 Å². The van der Waals surface area contributed by atoms with Gasteiger partial charge in [0.15, 0.2) is 5.69 Å². The first-order chi connectivity index (χ1) is 14.7. The lowest BCUT2D eigenvalue weighted by molar-refractivity contribution is -0.140. The molecule has 0 fully saturated rings. The Morgan fingerprint density at radius 2 is 1.90 bits per heavy atom. The second-order valence-electron chi connectivity index (χ2n) is 7.18. The van der Waals surface area contributed by atoms with Crippen LogP contribution in [0.25, 0.3) is 15.9 Å². The van der Waals surface area contributed by atoms with Crippen LogP contribution in [0.4, 0.5) is 13.2 Å². The van der Waals surface area contributed by atoms with Crippen molar-refractivity contribution in [2.45, 2.75) is 33.1 Å². The largest absolute Gasteiger partial charge is 0.435 e. The minimum Gasteiger partial charge on any atom is -0.337 e. The fourth-order valence-corrected chi connectivity index (χ4v) is 4.48. The summed E-state index contributed by atoms with van der Waals surface area (Å²) in [6.07, 6.45) is -2.75. The van der Waals surface area contributed by atoms with E-state index in [0.717, 1.165) is 22.6 Å². The van der Waals surface area contributed by atoms with E-state index in [-0.39, 0.29) is 21.0 Å². The van der Waals surface area contributed by atoms with Gasteiger partial charge in [0.05, 0.1) is 16.3 Å². The normalized spacial score (nSPS) is 11.9. The third-order valence-electron chi connectivity index (χ3n) is 4.97. The number of benzene rings is 1. The van der Waals surface area contributed by atoms with Crippen LogP contribution in [0.2, 0.25) is 0 Å². The van der Waals surface area contributed by atoms with E-state index >= 15 is 0 Å². The van der Waals surface area contributed by atoms with Gasteiger partial charge < -0.3 is 4.90 Å². The molecule has 0 saturated carbocycles. The molecule has 31 heavy (non-hydrogen) atoms. The van der Waals surface area contributed by atoms with E-state index in [2.05, 4.69) is 10.2 Å². The maximum atomic E-state index is 13.6. The summed E-state index contributed by atoms with van der Waals surface area (Å²) in [5.74, 6) is -0.349. The van der Waals surface area contributed by atoms with E-state index in [1.54, 1.807) is 42.1 Å². The Morgan fingerprint density at radius 1 is 1.19 bits per heavy atom. The Balaban J connectivity index is 1.71. The third kappa shape index (κ3) is 3.95. The zero-order valence-corrected chi connectivity index (χ0v) is 18.0. The number of para-hydroxylation sites is 1. The number of halogens is 3. The van der Waals surface area contributed by atoms with Gasteiger partial charge in [-0.05, 0) is 32.0 Å². The van der Waals surface area contributed by atoms with Crippen LogP contribution in [0.3, 0.4) is 0 Å². The number of nitrogens with zero attached hydrogens (tertiary/aromatic N) is 5. The maximum Gasteiger partial charge on any atom is 0.435 e. The van der Waals surface area contributed by atoms with E-state index in [0.29, 0.717) is 18.8 Å². The molecule has 1 aromatic carbocycles. The number of hydrogen-bond acceptors (Lipinski definition) is 4. The Bertz CT molecular complexity index is 1240. The Kier molecular flexibility index (Phi) is 5.34. The van der Waals surface area contributed by atoms with E-state index in [9.17, 15) is 18.0 Å². The van der Waals surface area contributed by atoms with Crippen molar-refractivity contribution in [3.8, 4) is 5.69 Å². The molecule has 0 N–H and O–H groups in total. The third-order valence-corrected chi connectivity index (χ3v) is 6.06. The van der Waals surface area contributed by atoms with Gasteiger partial charge in [0.25, 0.3) is 5.91 Å². The number of amides is 1. The van der Waals surface area contributed by atoms with Crippen LogP contribution in [0.5, 0.6) is 0 Å². The van der Waals surface area contributed by atoms with Crippen LogP contribution in [-0.2, 0) is 19.3 Å². The van der Waals surface area contributed by atoms with Crippen LogP contribution in [0, 0.1) is 6.92 Å². The van der Waals surface area contributed by atoms with Gasteiger partial charge in [0.2, 0.25) is 0 Å². The predicted octanol–water partition coefficient (Wildman–Crippen LogP) is 4.90. The summed E-state index contributed by atoms with van der Waals surface area (Å²) in [6.45, 7) is 4.86. The lowest BCUT2D eigenvalue weighted by Gasteiger charge is -2.15. The molecule has 162 valence electrons. The fourth-order valence-electron chi connectivity index (χ4n) is 3.36. The highest BCUT2D eigenvalue weighted by molar-refractivity contribution is 7.20. The summed E-state index contributed by atoms with van der Waals surface area (Å²) in [7, 11) is 1.63. The number of aromatic nitrogens is 4. The van der Waals surface area contributed by atoms with Crippen molar-refractivity contribution in [1.82, 2.24) is 24.5 Å². The smallest absolute Gasteiger partial charge is 0.337 e. The SMILES string of the molecule is CCn1cc(CN(C)C(=O)c2cc3c(C(F)(F)F)nn(-c4ccccc4)c3s2)c(C)n1. The van der Waals surface area contributed by atoms with Crippen LogP contribution < -0.4 is 0 Å². The zero-order valence-electron chi connectivity index (χ0n) is 17.1. The highest BCUT2D eigenvalue weighted by Gasteiger charge is 2.38. The molecule has 3 aromatic heterocycles. The van der Waals surface area contributed by atoms with Crippen molar-refractivity contribution in [1.29, 1.82) is 0 Å². The van der Waals surface area contributed by atoms with Crippen molar-refractivity contribution < 1.29 is 18.0 Å². The Morgan fingerprint density at radius 3 is 2.52 bits per heavy atom. The maximum absolute atomic E-state index is 13.6. The molecule has 0 bridgehead atoms. The molecular formula is C21H20F3N5OS. The quantitative estimate of drug-likeness (QED) is 0.437. The molecule has 0 aliphatic carbocycles. The average molecular weight is 447 g/mol. The topological polar surface area (TPSA) is 56.0 Å². The first kappa shape index (κ1) is 21.1. The van der Waals surface area contributed by atoms with E-state index < -0.39 is 11.9 Å². The molecule has 0 saturated heterocycles. The second-order valence-corrected chi connectivity index (χ2v) is 8.21. The number of rotatable bonds is 5. The summed E-state index contributed by atoms with van der Waals surface area (Å²) in [4.78, 5) is 15.0. The van der Waals surface area contributed by atoms with Gasteiger partial charge in [-0.1, -0.05) is 18.2 Å². The predicted molar refractivity (Wildman–Crippen MR) is 112 cm³/mol. The molecule has 3 heterocycles. The first-order valence-corrected chi connectivity index (χ1v) is 10.4. The van der Waals surface area contributed by atoms with Gasteiger partial charge in [-0.3, -0.25) is 9.48 Å². The molecule has 0 spiro atoms. The molecule has 4 aromatic rings. The zero-order chi connectivity index (χ0) is 22.3. The Hall–Kier alpha value is -3.14. The van der Waals surface area contributed by atoms with Gasteiger partial charge in [0.1, 0.15) is 4.83 Å². The summed E-state index contributed by atoms with van der Waals surface area (Å²) >= 11 is 1.01. The van der Waals surface area contributed by atoms with Crippen LogP contribution in [0.1, 0.15) is 33.5 Å². The van der Waals surface area contributed by atoms with E-state index in [1.807, 2.05) is 20.0 Å². The number of fused-ring (bicyclic) bond motifs is 1. The minimum atomic E-state index is -4.63. The van der Waals surface area contributed by atoms with Crippen molar-refractivity contribution in [3.05, 3.63) is 64.4 Å². The van der Waals surface area contributed by atoms with Crippen LogP contribution in [0.15, 0.2) is 42.6 Å². The van der Waals surface area contributed by atoms with Gasteiger partial charge in [0, 0.05) is 37.3 Å². The lowest BCUT2D eigenvalue weighted by atomic mass is 10.2. The fraction of sp³-hybridized carbons (Fsp3) is 0.286. The molecule has 4 rings (SSSR count).